The molecule has 2 N–H and O–H groups in total. The molecule has 0 aliphatic carbocycles. The average Bonchev–Trinajstić information content (AvgIpc) is 2.98. The number of unbranched alkanes of at least 4 members (excludes halogenated alkanes) is 1. The molecule has 2 atom stereocenters. The first-order valence-electron chi connectivity index (χ1n) is 14.8. The lowest BCUT2D eigenvalue weighted by Crippen LogP contribution is -2.40. The maximum atomic E-state index is 13.4. The second-order valence-corrected chi connectivity index (χ2v) is 13.3. The summed E-state index contributed by atoms with van der Waals surface area (Å²) in [5.74, 6) is 0.0952. The number of hydrogen-bond acceptors (Lipinski definition) is 7. The van der Waals surface area contributed by atoms with Crippen LogP contribution in [0.2, 0.25) is 0 Å². The lowest BCUT2D eigenvalue weighted by atomic mass is 9.96. The van der Waals surface area contributed by atoms with Gasteiger partial charge in [-0.2, -0.15) is 0 Å². The Bertz CT molecular complexity index is 1210. The highest BCUT2D eigenvalue weighted by Crippen LogP contribution is 2.17. The molecule has 42 heavy (non-hydrogen) atoms. The molecular weight excluding hydrogens is 552 g/mol. The van der Waals surface area contributed by atoms with Gasteiger partial charge in [-0.15, -0.1) is 0 Å². The monoisotopic (exact) mass is 600 g/mol. The molecule has 0 bridgehead atoms. The smallest absolute Gasteiger partial charge is 0.306 e. The van der Waals surface area contributed by atoms with Crippen LogP contribution >= 0.6 is 0 Å². The molecule has 2 unspecified atom stereocenters. The van der Waals surface area contributed by atoms with E-state index < -0.39 is 21.7 Å². The standard InChI is InChI=1S/C33H48N2O6S/c1-26(2)19-22-42(38,39)21-9-8-14-29(24-32(36)41-4)33(37)35-30(17-16-27-11-6-5-7-12-27)18-20-34-25-28-13-10-15-31(23-28)40-3/h5-7,10-13,15-17,23,26,29-30,34H,8-9,14,18-22,24-25H2,1-4H3,(H,35,37)/b17-16+. The van der Waals surface area contributed by atoms with Gasteiger partial charge in [0.05, 0.1) is 32.1 Å². The molecule has 232 valence electrons. The van der Waals surface area contributed by atoms with Gasteiger partial charge in [0, 0.05) is 18.5 Å². The lowest BCUT2D eigenvalue weighted by molar-refractivity contribution is -0.144. The highest BCUT2D eigenvalue weighted by molar-refractivity contribution is 7.91. The number of ether oxygens (including phenoxy) is 2. The first kappa shape index (κ1) is 35.0. The Morgan fingerprint density at radius 1 is 0.929 bits per heavy atom. The summed E-state index contributed by atoms with van der Waals surface area (Å²) in [7, 11) is -0.183. The molecule has 0 spiro atoms. The molecule has 0 heterocycles. The fraction of sp³-hybridized carbons (Fsp3) is 0.515. The van der Waals surface area contributed by atoms with Gasteiger partial charge < -0.3 is 20.1 Å². The molecule has 0 fully saturated rings. The zero-order valence-corrected chi connectivity index (χ0v) is 26.3. The Morgan fingerprint density at radius 3 is 2.38 bits per heavy atom. The van der Waals surface area contributed by atoms with Crippen molar-refractivity contribution < 1.29 is 27.5 Å². The largest absolute Gasteiger partial charge is 0.497 e. The van der Waals surface area contributed by atoms with Crippen molar-refractivity contribution in [1.29, 1.82) is 0 Å². The number of amides is 1. The van der Waals surface area contributed by atoms with Gasteiger partial charge in [0.25, 0.3) is 0 Å². The molecule has 0 aliphatic rings. The summed E-state index contributed by atoms with van der Waals surface area (Å²) in [5.41, 5.74) is 2.12. The van der Waals surface area contributed by atoms with Gasteiger partial charge in [-0.05, 0) is 61.4 Å². The van der Waals surface area contributed by atoms with E-state index in [4.69, 9.17) is 9.47 Å². The minimum Gasteiger partial charge on any atom is -0.497 e. The SMILES string of the molecule is COC(=O)CC(CCCCS(=O)(=O)CCC(C)C)C(=O)NC(/C=C/c1ccccc1)CCNCc1cccc(OC)c1. The maximum absolute atomic E-state index is 13.4. The number of esters is 1. The topological polar surface area (TPSA) is 111 Å². The number of nitrogens with one attached hydrogen (secondary N) is 2. The van der Waals surface area contributed by atoms with Crippen LogP contribution < -0.4 is 15.4 Å². The predicted molar refractivity (Wildman–Crippen MR) is 169 cm³/mol. The van der Waals surface area contributed by atoms with Crippen LogP contribution in [0.15, 0.2) is 60.7 Å². The van der Waals surface area contributed by atoms with Crippen molar-refractivity contribution in [2.45, 2.75) is 65.0 Å². The summed E-state index contributed by atoms with van der Waals surface area (Å²) in [5, 5.41) is 6.54. The van der Waals surface area contributed by atoms with Crippen LogP contribution in [0.3, 0.4) is 0 Å². The molecule has 0 radical (unpaired) electrons. The van der Waals surface area contributed by atoms with Crippen molar-refractivity contribution >= 4 is 27.8 Å². The number of carbonyl (C=O) groups is 2. The quantitative estimate of drug-likeness (QED) is 0.159. The summed E-state index contributed by atoms with van der Waals surface area (Å²) in [6.45, 7) is 5.32. The van der Waals surface area contributed by atoms with Crippen molar-refractivity contribution in [3.05, 3.63) is 71.8 Å². The molecule has 2 aromatic carbocycles. The number of carbonyl (C=O) groups excluding carboxylic acids is 2. The molecule has 1 amide bonds. The Labute approximate surface area is 252 Å². The first-order chi connectivity index (χ1) is 20.1. The van der Waals surface area contributed by atoms with Gasteiger partial charge in [0.1, 0.15) is 15.6 Å². The van der Waals surface area contributed by atoms with Crippen molar-refractivity contribution in [1.82, 2.24) is 10.6 Å². The molecule has 8 nitrogen and oxygen atoms in total. The summed E-state index contributed by atoms with van der Waals surface area (Å²) in [6, 6.07) is 17.4. The van der Waals surface area contributed by atoms with Crippen LogP contribution in [0.25, 0.3) is 6.08 Å². The first-order valence-corrected chi connectivity index (χ1v) is 16.6. The van der Waals surface area contributed by atoms with Gasteiger partial charge in [-0.3, -0.25) is 9.59 Å². The number of sulfone groups is 1. The number of benzene rings is 2. The number of rotatable bonds is 20. The van der Waals surface area contributed by atoms with E-state index in [1.54, 1.807) is 7.11 Å². The molecule has 0 saturated carbocycles. The molecule has 0 aliphatic heterocycles. The van der Waals surface area contributed by atoms with Crippen molar-refractivity contribution in [2.24, 2.45) is 11.8 Å². The lowest BCUT2D eigenvalue weighted by Gasteiger charge is -2.21. The number of hydrogen-bond donors (Lipinski definition) is 2. The summed E-state index contributed by atoms with van der Waals surface area (Å²) in [6.07, 6.45) is 6.57. The average molecular weight is 601 g/mol. The fourth-order valence-corrected chi connectivity index (χ4v) is 6.10. The van der Waals surface area contributed by atoms with Crippen molar-refractivity contribution in [3.63, 3.8) is 0 Å². The van der Waals surface area contributed by atoms with Crippen LogP contribution in [-0.4, -0.2) is 58.6 Å². The molecular formula is C33H48N2O6S. The van der Waals surface area contributed by atoms with Crippen LogP contribution in [0.1, 0.15) is 63.5 Å². The van der Waals surface area contributed by atoms with E-state index in [1.807, 2.05) is 80.6 Å². The van der Waals surface area contributed by atoms with Gasteiger partial charge in [0.15, 0.2) is 0 Å². The van der Waals surface area contributed by atoms with E-state index in [1.165, 1.54) is 7.11 Å². The third-order valence-corrected chi connectivity index (χ3v) is 8.79. The fourth-order valence-electron chi connectivity index (χ4n) is 4.42. The number of methoxy groups -OCH3 is 2. The van der Waals surface area contributed by atoms with E-state index >= 15 is 0 Å². The summed E-state index contributed by atoms with van der Waals surface area (Å²) >= 11 is 0. The van der Waals surface area contributed by atoms with Crippen LogP contribution in [0, 0.1) is 11.8 Å². The van der Waals surface area contributed by atoms with Crippen LogP contribution in [0.4, 0.5) is 0 Å². The Morgan fingerprint density at radius 2 is 1.69 bits per heavy atom. The zero-order valence-electron chi connectivity index (χ0n) is 25.5. The third-order valence-electron chi connectivity index (χ3n) is 7.02. The maximum Gasteiger partial charge on any atom is 0.306 e. The Hall–Kier alpha value is -3.17. The van der Waals surface area contributed by atoms with E-state index in [0.29, 0.717) is 51.1 Å². The molecule has 9 heteroatoms. The summed E-state index contributed by atoms with van der Waals surface area (Å²) in [4.78, 5) is 25.5. The van der Waals surface area contributed by atoms with Crippen molar-refractivity contribution in [2.75, 3.05) is 32.3 Å². The molecule has 2 aromatic rings. The minimum absolute atomic E-state index is 0.0500. The highest BCUT2D eigenvalue weighted by Gasteiger charge is 2.24. The van der Waals surface area contributed by atoms with E-state index in [2.05, 4.69) is 10.6 Å². The van der Waals surface area contributed by atoms with Gasteiger partial charge in [-0.1, -0.05) is 74.9 Å². The Kier molecular flexibility index (Phi) is 15.9. The normalized spacial score (nSPS) is 13.2. The highest BCUT2D eigenvalue weighted by atomic mass is 32.2. The van der Waals surface area contributed by atoms with Crippen LogP contribution in [-0.2, 0) is 30.7 Å². The molecule has 0 aromatic heterocycles. The summed E-state index contributed by atoms with van der Waals surface area (Å²) < 4.78 is 34.8. The predicted octanol–water partition coefficient (Wildman–Crippen LogP) is 5.18. The second kappa shape index (κ2) is 19.1. The van der Waals surface area contributed by atoms with E-state index in [0.717, 1.165) is 16.9 Å². The second-order valence-electron chi connectivity index (χ2n) is 11.0. The van der Waals surface area contributed by atoms with E-state index in [9.17, 15) is 18.0 Å². The molecule has 0 saturated heterocycles. The third kappa shape index (κ3) is 14.6. The van der Waals surface area contributed by atoms with Gasteiger partial charge in [0.2, 0.25) is 5.91 Å². The minimum atomic E-state index is -3.13. The van der Waals surface area contributed by atoms with Crippen molar-refractivity contribution in [3.8, 4) is 5.75 Å². The zero-order chi connectivity index (χ0) is 30.8. The molecule has 2 rings (SSSR count). The van der Waals surface area contributed by atoms with Gasteiger partial charge >= 0.3 is 5.97 Å². The van der Waals surface area contributed by atoms with Gasteiger partial charge in [-0.25, -0.2) is 8.42 Å². The van der Waals surface area contributed by atoms with Crippen LogP contribution in [0.5, 0.6) is 5.75 Å². The van der Waals surface area contributed by atoms with E-state index in [-0.39, 0.29) is 29.9 Å². The Balaban J connectivity index is 2.01.